The number of benzene rings is 1. The van der Waals surface area contributed by atoms with Crippen LogP contribution < -0.4 is 4.74 Å². The molecule has 198 valence electrons. The first kappa shape index (κ1) is 25.5. The molecule has 3 aromatic heterocycles. The van der Waals surface area contributed by atoms with Crippen molar-refractivity contribution in [1.29, 1.82) is 5.26 Å². The molecule has 1 saturated heterocycles. The third-order valence-corrected chi connectivity index (χ3v) is 6.77. The number of hydrogen-bond acceptors (Lipinski definition) is 8. The second kappa shape index (κ2) is 9.94. The topological polar surface area (TPSA) is 118 Å². The van der Waals surface area contributed by atoms with E-state index < -0.39 is 24.6 Å². The van der Waals surface area contributed by atoms with Gasteiger partial charge >= 0.3 is 6.55 Å². The van der Waals surface area contributed by atoms with E-state index in [1.807, 2.05) is 11.6 Å². The largest absolute Gasteiger partial charge is 0.488 e. The highest BCUT2D eigenvalue weighted by atomic mass is 19.3. The second-order valence-electron chi connectivity index (χ2n) is 9.45. The van der Waals surface area contributed by atoms with Crippen LogP contribution in [0, 0.1) is 24.2 Å². The van der Waals surface area contributed by atoms with Crippen molar-refractivity contribution in [3.63, 3.8) is 0 Å². The van der Waals surface area contributed by atoms with Gasteiger partial charge in [-0.25, -0.2) is 14.1 Å². The molecule has 1 aliphatic heterocycles. The van der Waals surface area contributed by atoms with Gasteiger partial charge in [0.2, 0.25) is 0 Å². The molecule has 0 amide bonds. The van der Waals surface area contributed by atoms with Crippen LogP contribution in [-0.2, 0) is 5.60 Å². The minimum absolute atomic E-state index is 0.0168. The number of aliphatic hydroxyl groups is 1. The highest BCUT2D eigenvalue weighted by Gasteiger charge is 2.31. The highest BCUT2D eigenvalue weighted by Crippen LogP contribution is 2.36. The lowest BCUT2D eigenvalue weighted by molar-refractivity contribution is 0.000897. The fourth-order valence-electron chi connectivity index (χ4n) is 4.76. The molecule has 13 heteroatoms. The number of fused-ring (bicyclic) bond motifs is 1. The van der Waals surface area contributed by atoms with Crippen molar-refractivity contribution in [2.24, 2.45) is 0 Å². The third-order valence-electron chi connectivity index (χ3n) is 6.77. The summed E-state index contributed by atoms with van der Waals surface area (Å²) in [6, 6.07) is 5.79. The zero-order valence-corrected chi connectivity index (χ0v) is 20.7. The van der Waals surface area contributed by atoms with Gasteiger partial charge in [-0.2, -0.15) is 14.0 Å². The Kier molecular flexibility index (Phi) is 6.66. The molecule has 4 heterocycles. The summed E-state index contributed by atoms with van der Waals surface area (Å²) in [6.07, 6.45) is 5.99. The molecule has 0 bridgehead atoms. The molecular formula is C25H25F3N8O2. The van der Waals surface area contributed by atoms with Crippen LogP contribution in [0.15, 0.2) is 36.8 Å². The molecule has 10 nitrogen and oxygen atoms in total. The second-order valence-corrected chi connectivity index (χ2v) is 9.45. The number of likely N-dealkylation sites (tertiary alicyclic amines) is 1. The van der Waals surface area contributed by atoms with Crippen molar-refractivity contribution in [2.75, 3.05) is 19.7 Å². The molecule has 4 aromatic rings. The van der Waals surface area contributed by atoms with Gasteiger partial charge in [-0.3, -0.25) is 9.55 Å². The van der Waals surface area contributed by atoms with E-state index in [1.165, 1.54) is 25.3 Å². The number of rotatable bonds is 7. The van der Waals surface area contributed by atoms with Crippen LogP contribution in [0.3, 0.4) is 0 Å². The Morgan fingerprint density at radius 2 is 2.03 bits per heavy atom. The molecule has 1 unspecified atom stereocenters. The number of imidazole rings is 1. The molecule has 1 aliphatic rings. The van der Waals surface area contributed by atoms with E-state index in [9.17, 15) is 18.3 Å². The standard InChI is InChI=1S/C25H25F3N8O2/c1-15-21(32-33-36(15)17-5-8-34(13-29)9-6-17)16-10-19-22(35(14-31-19)24(27)28)20(11-16)38-12-25(2,37)23-18(26)4-3-7-30-23/h3-4,7,10-11,14,17,24,37H,5-6,8-9,12H2,1-2H3. The van der Waals surface area contributed by atoms with Gasteiger partial charge < -0.3 is 14.7 Å². The molecule has 0 radical (unpaired) electrons. The Morgan fingerprint density at radius 1 is 1.26 bits per heavy atom. The summed E-state index contributed by atoms with van der Waals surface area (Å²) in [5.41, 5.74) is 0.00785. The maximum atomic E-state index is 14.3. The van der Waals surface area contributed by atoms with Crippen molar-refractivity contribution in [1.82, 2.24) is 34.4 Å². The molecule has 5 rings (SSSR count). The van der Waals surface area contributed by atoms with Crippen LogP contribution in [0.2, 0.25) is 0 Å². The SMILES string of the molecule is Cc1c(-c2cc(OCC(C)(O)c3ncccc3F)c3c(c2)ncn3C(F)F)nnn1C1CCN(C#N)CC1. The number of nitriles is 1. The number of ether oxygens (including phenoxy) is 1. The number of pyridine rings is 1. The van der Waals surface area contributed by atoms with E-state index >= 15 is 0 Å². The van der Waals surface area contributed by atoms with Crippen LogP contribution in [0.4, 0.5) is 13.2 Å². The molecule has 1 aromatic carbocycles. The summed E-state index contributed by atoms with van der Waals surface area (Å²) in [5.74, 6) is -0.700. The first-order valence-corrected chi connectivity index (χ1v) is 12.0. The molecule has 1 N–H and O–H groups in total. The van der Waals surface area contributed by atoms with Crippen LogP contribution in [0.5, 0.6) is 5.75 Å². The smallest absolute Gasteiger partial charge is 0.320 e. The van der Waals surface area contributed by atoms with Crippen molar-refractivity contribution in [3.8, 4) is 23.2 Å². The molecule has 38 heavy (non-hydrogen) atoms. The van der Waals surface area contributed by atoms with Crippen LogP contribution >= 0.6 is 0 Å². The number of hydrogen-bond donors (Lipinski definition) is 1. The maximum Gasteiger partial charge on any atom is 0.320 e. The first-order chi connectivity index (χ1) is 18.2. The van der Waals surface area contributed by atoms with Gasteiger partial charge in [-0.05, 0) is 51.0 Å². The predicted molar refractivity (Wildman–Crippen MR) is 129 cm³/mol. The minimum Gasteiger partial charge on any atom is -0.488 e. The summed E-state index contributed by atoms with van der Waals surface area (Å²) in [7, 11) is 0. The number of halogens is 3. The lowest BCUT2D eigenvalue weighted by Crippen LogP contribution is -2.32. The highest BCUT2D eigenvalue weighted by molar-refractivity contribution is 5.87. The summed E-state index contributed by atoms with van der Waals surface area (Å²) in [5, 5.41) is 28.7. The fourth-order valence-corrected chi connectivity index (χ4v) is 4.76. The van der Waals surface area contributed by atoms with Gasteiger partial charge in [0.05, 0.1) is 17.3 Å². The Balaban J connectivity index is 1.50. The minimum atomic E-state index is -2.89. The summed E-state index contributed by atoms with van der Waals surface area (Å²) in [6.45, 7) is 1.10. The quantitative estimate of drug-likeness (QED) is 0.360. The van der Waals surface area contributed by atoms with Gasteiger partial charge in [-0.1, -0.05) is 5.21 Å². The fraction of sp³-hybridized carbons (Fsp3) is 0.400. The molecule has 0 spiro atoms. The monoisotopic (exact) mass is 526 g/mol. The summed E-state index contributed by atoms with van der Waals surface area (Å²) < 4.78 is 50.1. The zero-order valence-electron chi connectivity index (χ0n) is 20.7. The Hall–Kier alpha value is -4.18. The third kappa shape index (κ3) is 4.63. The molecule has 1 fully saturated rings. The van der Waals surface area contributed by atoms with Gasteiger partial charge in [0.15, 0.2) is 6.19 Å². The van der Waals surface area contributed by atoms with E-state index in [2.05, 4.69) is 26.5 Å². The Labute approximate surface area is 215 Å². The van der Waals surface area contributed by atoms with E-state index in [1.54, 1.807) is 11.0 Å². The number of alkyl halides is 2. The number of piperidine rings is 1. The lowest BCUT2D eigenvalue weighted by Gasteiger charge is -2.28. The average molecular weight is 527 g/mol. The van der Waals surface area contributed by atoms with E-state index in [0.717, 1.165) is 30.9 Å². The molecule has 0 saturated carbocycles. The zero-order chi connectivity index (χ0) is 27.0. The number of nitrogens with zero attached hydrogens (tertiary/aromatic N) is 8. The van der Waals surface area contributed by atoms with Gasteiger partial charge in [-0.15, -0.1) is 5.10 Å². The lowest BCUT2D eigenvalue weighted by atomic mass is 10.0. The van der Waals surface area contributed by atoms with Crippen molar-refractivity contribution < 1.29 is 23.0 Å². The normalized spacial score (nSPS) is 16.1. The average Bonchev–Trinajstić information content (AvgIpc) is 3.51. The van der Waals surface area contributed by atoms with Gasteiger partial charge in [0.25, 0.3) is 0 Å². The first-order valence-electron chi connectivity index (χ1n) is 12.0. The molecular weight excluding hydrogens is 501 g/mol. The molecule has 0 aliphatic carbocycles. The number of aromatic nitrogens is 6. The summed E-state index contributed by atoms with van der Waals surface area (Å²) in [4.78, 5) is 9.74. The van der Waals surface area contributed by atoms with Crippen molar-refractivity contribution >= 4 is 11.0 Å². The predicted octanol–water partition coefficient (Wildman–Crippen LogP) is 3.94. The van der Waals surface area contributed by atoms with Crippen LogP contribution in [0.25, 0.3) is 22.3 Å². The maximum absolute atomic E-state index is 14.3. The van der Waals surface area contributed by atoms with Crippen molar-refractivity contribution in [3.05, 3.63) is 54.0 Å². The molecule has 1 atom stereocenters. The van der Waals surface area contributed by atoms with Gasteiger partial charge in [0.1, 0.15) is 47.0 Å². The summed E-state index contributed by atoms with van der Waals surface area (Å²) >= 11 is 0. The van der Waals surface area contributed by atoms with Crippen molar-refractivity contribution in [2.45, 2.75) is 44.9 Å². The Bertz CT molecular complexity index is 1500. The Morgan fingerprint density at radius 3 is 2.71 bits per heavy atom. The van der Waals surface area contributed by atoms with E-state index in [0.29, 0.717) is 28.9 Å². The van der Waals surface area contributed by atoms with Crippen LogP contribution in [0.1, 0.15) is 43.7 Å². The van der Waals surface area contributed by atoms with E-state index in [4.69, 9.17) is 10.00 Å². The van der Waals surface area contributed by atoms with Crippen LogP contribution in [-0.4, -0.2) is 59.2 Å². The van der Waals surface area contributed by atoms with Gasteiger partial charge in [0, 0.05) is 24.8 Å². The van der Waals surface area contributed by atoms with E-state index in [-0.39, 0.29) is 28.5 Å².